The molecule has 2 nitrogen and oxygen atoms in total. The number of aromatic nitrogens is 1. The van der Waals surface area contributed by atoms with Crippen LogP contribution in [0.2, 0.25) is 0 Å². The van der Waals surface area contributed by atoms with Crippen LogP contribution in [0.15, 0.2) is 89.3 Å². The Bertz CT molecular complexity index is 1120. The van der Waals surface area contributed by atoms with Gasteiger partial charge in [0, 0.05) is 5.56 Å². The van der Waals surface area contributed by atoms with Crippen molar-refractivity contribution in [2.45, 2.75) is 52.4 Å². The molecule has 2 heteroatoms. The average molecular weight is 423 g/mol. The van der Waals surface area contributed by atoms with Gasteiger partial charge >= 0.3 is 11.7 Å². The van der Waals surface area contributed by atoms with Gasteiger partial charge < -0.3 is 0 Å². The molecule has 0 saturated carbocycles. The predicted octanol–water partition coefficient (Wildman–Crippen LogP) is 8.55. The van der Waals surface area contributed by atoms with Crippen molar-refractivity contribution >= 4 is 0 Å². The Hall–Kier alpha value is -3.26. The molecule has 162 valence electrons. The number of benzene rings is 3. The van der Waals surface area contributed by atoms with Gasteiger partial charge in [-0.1, -0.05) is 96.1 Å². The van der Waals surface area contributed by atoms with Gasteiger partial charge in [-0.2, -0.15) is 9.40 Å². The number of nitrogens with zero attached hydrogens (tertiary/aromatic N) is 1. The van der Waals surface area contributed by atoms with E-state index in [1.807, 2.05) is 24.3 Å². The van der Waals surface area contributed by atoms with Gasteiger partial charge in [0.25, 0.3) is 0 Å². The van der Waals surface area contributed by atoms with E-state index < -0.39 is 0 Å². The molecule has 1 heterocycles. The monoisotopic (exact) mass is 422 g/mol. The lowest BCUT2D eigenvalue weighted by Gasteiger charge is -2.18. The standard InChI is InChI=1S/C30H32NO/c1-29(2,3)24-16-12-22(13-17-24)27-20-26(21-10-8-7-9-11-21)31-28(32-27)23-14-18-25(19-15-23)30(4,5)6/h7-20H,1-6H3/q+1. The summed E-state index contributed by atoms with van der Waals surface area (Å²) in [5.74, 6) is 1.44. The van der Waals surface area contributed by atoms with Gasteiger partial charge in [0.15, 0.2) is 0 Å². The highest BCUT2D eigenvalue weighted by molar-refractivity contribution is 5.69. The summed E-state index contributed by atoms with van der Waals surface area (Å²) < 4.78 is 6.35. The maximum atomic E-state index is 6.35. The average Bonchev–Trinajstić information content (AvgIpc) is 2.78. The third-order valence-corrected chi connectivity index (χ3v) is 5.80. The van der Waals surface area contributed by atoms with E-state index in [9.17, 15) is 0 Å². The Morgan fingerprint density at radius 3 is 1.56 bits per heavy atom. The summed E-state index contributed by atoms with van der Waals surface area (Å²) in [6.07, 6.45) is 0. The Morgan fingerprint density at radius 1 is 0.562 bits per heavy atom. The normalized spacial score (nSPS) is 12.1. The van der Waals surface area contributed by atoms with Crippen LogP contribution in [0.25, 0.3) is 34.0 Å². The molecule has 0 atom stereocenters. The van der Waals surface area contributed by atoms with Crippen molar-refractivity contribution in [3.8, 4) is 34.0 Å². The fourth-order valence-corrected chi connectivity index (χ4v) is 3.69. The maximum Gasteiger partial charge on any atom is 0.460 e. The lowest BCUT2D eigenvalue weighted by molar-refractivity contribution is 0.561. The molecule has 3 aromatic carbocycles. The van der Waals surface area contributed by atoms with Crippen LogP contribution in [0.3, 0.4) is 0 Å². The van der Waals surface area contributed by atoms with E-state index in [4.69, 9.17) is 9.40 Å². The van der Waals surface area contributed by atoms with Crippen molar-refractivity contribution in [1.29, 1.82) is 0 Å². The zero-order chi connectivity index (χ0) is 22.9. The molecule has 0 amide bonds. The summed E-state index contributed by atoms with van der Waals surface area (Å²) in [6.45, 7) is 13.4. The molecule has 0 bridgehead atoms. The molecular weight excluding hydrogens is 390 g/mol. The van der Waals surface area contributed by atoms with Crippen LogP contribution >= 0.6 is 0 Å². The summed E-state index contributed by atoms with van der Waals surface area (Å²) >= 11 is 0. The van der Waals surface area contributed by atoms with Crippen molar-refractivity contribution < 1.29 is 4.42 Å². The minimum Gasteiger partial charge on any atom is -0.186 e. The SMILES string of the molecule is CC(C)(C)c1ccc(-c2cc(-c3ccccc3)nc(-c3ccc(C(C)(C)C)cc3)[o+]2)cc1. The van der Waals surface area contributed by atoms with Crippen molar-refractivity contribution in [2.75, 3.05) is 0 Å². The number of hydrogen-bond acceptors (Lipinski definition) is 1. The van der Waals surface area contributed by atoms with Crippen LogP contribution in [0, 0.1) is 0 Å². The fourth-order valence-electron chi connectivity index (χ4n) is 3.69. The number of rotatable bonds is 3. The smallest absolute Gasteiger partial charge is 0.186 e. The zero-order valence-electron chi connectivity index (χ0n) is 19.9. The summed E-state index contributed by atoms with van der Waals surface area (Å²) in [5, 5.41) is 0. The van der Waals surface area contributed by atoms with Crippen LogP contribution in [-0.4, -0.2) is 4.98 Å². The molecule has 0 spiro atoms. The first-order valence-electron chi connectivity index (χ1n) is 11.2. The summed E-state index contributed by atoms with van der Waals surface area (Å²) in [6, 6.07) is 29.5. The molecule has 32 heavy (non-hydrogen) atoms. The van der Waals surface area contributed by atoms with E-state index >= 15 is 0 Å². The van der Waals surface area contributed by atoms with Gasteiger partial charge in [-0.15, -0.1) is 0 Å². The first kappa shape index (κ1) is 22.0. The van der Waals surface area contributed by atoms with Gasteiger partial charge in [-0.3, -0.25) is 0 Å². The minimum absolute atomic E-state index is 0.106. The van der Waals surface area contributed by atoms with Gasteiger partial charge in [0.2, 0.25) is 0 Å². The van der Waals surface area contributed by atoms with Crippen LogP contribution in [0.4, 0.5) is 0 Å². The van der Waals surface area contributed by atoms with E-state index in [0.29, 0.717) is 5.89 Å². The Balaban J connectivity index is 1.82. The summed E-state index contributed by atoms with van der Waals surface area (Å²) in [5.41, 5.74) is 6.81. The third-order valence-electron chi connectivity index (χ3n) is 5.80. The minimum atomic E-state index is 0.106. The zero-order valence-corrected chi connectivity index (χ0v) is 19.9. The highest BCUT2D eigenvalue weighted by Crippen LogP contribution is 2.32. The lowest BCUT2D eigenvalue weighted by Crippen LogP contribution is -2.10. The topological polar surface area (TPSA) is 24.2 Å². The van der Waals surface area contributed by atoms with Gasteiger partial charge in [0.1, 0.15) is 5.56 Å². The molecule has 4 aromatic rings. The van der Waals surface area contributed by atoms with Crippen LogP contribution < -0.4 is 0 Å². The maximum absolute atomic E-state index is 6.35. The molecule has 0 aliphatic heterocycles. The molecule has 1 aromatic heterocycles. The largest absolute Gasteiger partial charge is 0.460 e. The summed E-state index contributed by atoms with van der Waals surface area (Å²) in [4.78, 5) is 4.88. The first-order valence-corrected chi connectivity index (χ1v) is 11.2. The quantitative estimate of drug-likeness (QED) is 0.309. The van der Waals surface area contributed by atoms with Gasteiger partial charge in [-0.05, 0) is 46.2 Å². The molecule has 0 aliphatic carbocycles. The molecular formula is C30H32NO+. The van der Waals surface area contributed by atoms with Gasteiger partial charge in [0.05, 0.1) is 17.3 Å². The first-order chi connectivity index (χ1) is 15.1. The molecule has 0 unspecified atom stereocenters. The molecule has 4 rings (SSSR count). The Labute approximate surface area is 192 Å². The molecule has 0 fully saturated rings. The van der Waals surface area contributed by atoms with E-state index in [1.165, 1.54) is 11.1 Å². The number of hydrogen-bond donors (Lipinski definition) is 0. The molecule has 0 aliphatic rings. The van der Waals surface area contributed by atoms with Crippen molar-refractivity contribution in [3.05, 3.63) is 96.1 Å². The van der Waals surface area contributed by atoms with E-state index in [0.717, 1.165) is 28.1 Å². The molecule has 0 N–H and O–H groups in total. The van der Waals surface area contributed by atoms with Gasteiger partial charge in [-0.25, -0.2) is 0 Å². The van der Waals surface area contributed by atoms with Crippen LogP contribution in [-0.2, 0) is 10.8 Å². The fraction of sp³-hybridized carbons (Fsp3) is 0.267. The predicted molar refractivity (Wildman–Crippen MR) is 135 cm³/mol. The second kappa shape index (κ2) is 8.35. The second-order valence-corrected chi connectivity index (χ2v) is 10.4. The van der Waals surface area contributed by atoms with E-state index in [-0.39, 0.29) is 10.8 Å². The van der Waals surface area contributed by atoms with E-state index in [1.54, 1.807) is 0 Å². The van der Waals surface area contributed by atoms with E-state index in [2.05, 4.69) is 102 Å². The lowest BCUT2D eigenvalue weighted by atomic mass is 9.86. The Morgan fingerprint density at radius 2 is 1.06 bits per heavy atom. The van der Waals surface area contributed by atoms with Crippen molar-refractivity contribution in [2.24, 2.45) is 0 Å². The van der Waals surface area contributed by atoms with Crippen LogP contribution in [0.5, 0.6) is 0 Å². The highest BCUT2D eigenvalue weighted by atomic mass is 16.3. The van der Waals surface area contributed by atoms with Crippen LogP contribution in [0.1, 0.15) is 52.7 Å². The van der Waals surface area contributed by atoms with Crippen molar-refractivity contribution in [1.82, 2.24) is 4.98 Å². The highest BCUT2D eigenvalue weighted by Gasteiger charge is 2.24. The molecule has 0 radical (unpaired) electrons. The summed E-state index contributed by atoms with van der Waals surface area (Å²) in [7, 11) is 0. The second-order valence-electron chi connectivity index (χ2n) is 10.4. The molecule has 0 saturated heterocycles. The van der Waals surface area contributed by atoms with Crippen molar-refractivity contribution in [3.63, 3.8) is 0 Å². The third kappa shape index (κ3) is 4.80. The Kier molecular flexibility index (Phi) is 5.73.